The van der Waals surface area contributed by atoms with E-state index in [1.54, 1.807) is 36.5 Å². The lowest BCUT2D eigenvalue weighted by molar-refractivity contribution is 0.0939. The SMILES string of the molecule is Cn1ccnc1C(=O)NCCCCn1ccnc1. The Bertz CT molecular complexity index is 488. The molecule has 0 aliphatic carbocycles. The van der Waals surface area contributed by atoms with Crippen molar-refractivity contribution < 1.29 is 4.79 Å². The number of hydrogen-bond donors (Lipinski definition) is 1. The van der Waals surface area contributed by atoms with Crippen LogP contribution in [0.1, 0.15) is 23.5 Å². The van der Waals surface area contributed by atoms with Crippen LogP contribution >= 0.6 is 0 Å². The molecule has 0 unspecified atom stereocenters. The molecule has 0 aromatic carbocycles. The molecule has 0 saturated carbocycles. The number of imidazole rings is 2. The normalized spacial score (nSPS) is 10.5. The number of aryl methyl sites for hydroxylation is 2. The molecule has 18 heavy (non-hydrogen) atoms. The summed E-state index contributed by atoms with van der Waals surface area (Å²) < 4.78 is 3.74. The van der Waals surface area contributed by atoms with E-state index in [2.05, 4.69) is 15.3 Å². The molecule has 1 amide bonds. The van der Waals surface area contributed by atoms with Gasteiger partial charge in [-0.3, -0.25) is 4.79 Å². The first-order valence-electron chi connectivity index (χ1n) is 5.98. The van der Waals surface area contributed by atoms with Crippen LogP contribution < -0.4 is 5.32 Å². The van der Waals surface area contributed by atoms with E-state index < -0.39 is 0 Å². The molecule has 1 N–H and O–H groups in total. The van der Waals surface area contributed by atoms with Crippen molar-refractivity contribution in [2.45, 2.75) is 19.4 Å². The summed E-state index contributed by atoms with van der Waals surface area (Å²) in [6, 6.07) is 0. The van der Waals surface area contributed by atoms with Crippen molar-refractivity contribution in [3.05, 3.63) is 36.9 Å². The Labute approximate surface area is 106 Å². The van der Waals surface area contributed by atoms with E-state index in [1.807, 2.05) is 10.8 Å². The molecule has 0 saturated heterocycles. The molecule has 2 aromatic rings. The first-order valence-corrected chi connectivity index (χ1v) is 5.98. The zero-order chi connectivity index (χ0) is 12.8. The van der Waals surface area contributed by atoms with Gasteiger partial charge in [0, 0.05) is 44.9 Å². The number of nitrogens with one attached hydrogen (secondary N) is 1. The van der Waals surface area contributed by atoms with Crippen molar-refractivity contribution in [3.63, 3.8) is 0 Å². The fourth-order valence-electron chi connectivity index (χ4n) is 1.70. The van der Waals surface area contributed by atoms with E-state index in [0.717, 1.165) is 19.4 Å². The van der Waals surface area contributed by atoms with Crippen LogP contribution in [-0.2, 0) is 13.6 Å². The number of amides is 1. The number of nitrogens with zero attached hydrogens (tertiary/aromatic N) is 4. The molecule has 6 nitrogen and oxygen atoms in total. The molecule has 0 aliphatic rings. The highest BCUT2D eigenvalue weighted by molar-refractivity contribution is 5.90. The molecular formula is C12H17N5O. The number of aromatic nitrogens is 4. The average Bonchev–Trinajstić information content (AvgIpc) is 2.99. The van der Waals surface area contributed by atoms with Gasteiger partial charge < -0.3 is 14.5 Å². The van der Waals surface area contributed by atoms with Gasteiger partial charge in [0.15, 0.2) is 5.82 Å². The summed E-state index contributed by atoms with van der Waals surface area (Å²) >= 11 is 0. The smallest absolute Gasteiger partial charge is 0.287 e. The van der Waals surface area contributed by atoms with E-state index >= 15 is 0 Å². The third kappa shape index (κ3) is 3.19. The van der Waals surface area contributed by atoms with Crippen molar-refractivity contribution in [1.29, 1.82) is 0 Å². The van der Waals surface area contributed by atoms with E-state index in [9.17, 15) is 4.79 Å². The van der Waals surface area contributed by atoms with Crippen molar-refractivity contribution >= 4 is 5.91 Å². The summed E-state index contributed by atoms with van der Waals surface area (Å²) in [7, 11) is 1.81. The largest absolute Gasteiger partial charge is 0.349 e. The Hall–Kier alpha value is -2.11. The summed E-state index contributed by atoms with van der Waals surface area (Å²) in [6.07, 6.45) is 10.8. The Morgan fingerprint density at radius 2 is 2.22 bits per heavy atom. The van der Waals surface area contributed by atoms with Crippen LogP contribution in [0.15, 0.2) is 31.1 Å². The molecule has 6 heteroatoms. The molecule has 0 fully saturated rings. The predicted molar refractivity (Wildman–Crippen MR) is 67.0 cm³/mol. The van der Waals surface area contributed by atoms with Gasteiger partial charge in [0.1, 0.15) is 0 Å². The van der Waals surface area contributed by atoms with Gasteiger partial charge in [0.2, 0.25) is 0 Å². The first-order chi connectivity index (χ1) is 8.77. The topological polar surface area (TPSA) is 64.7 Å². The lowest BCUT2D eigenvalue weighted by atomic mass is 10.3. The lowest BCUT2D eigenvalue weighted by Crippen LogP contribution is -2.27. The van der Waals surface area contributed by atoms with Crippen molar-refractivity contribution in [2.24, 2.45) is 7.05 Å². The maximum atomic E-state index is 11.7. The van der Waals surface area contributed by atoms with Crippen LogP contribution in [-0.4, -0.2) is 31.6 Å². The first kappa shape index (κ1) is 12.3. The molecule has 2 aromatic heterocycles. The van der Waals surface area contributed by atoms with Crippen molar-refractivity contribution in [3.8, 4) is 0 Å². The van der Waals surface area contributed by atoms with Gasteiger partial charge in [-0.25, -0.2) is 9.97 Å². The highest BCUT2D eigenvalue weighted by Crippen LogP contribution is 1.96. The summed E-state index contributed by atoms with van der Waals surface area (Å²) in [5.41, 5.74) is 0. The molecule has 96 valence electrons. The van der Waals surface area contributed by atoms with Crippen LogP contribution in [0.3, 0.4) is 0 Å². The van der Waals surface area contributed by atoms with Crippen LogP contribution in [0, 0.1) is 0 Å². The maximum absolute atomic E-state index is 11.7. The molecule has 0 aliphatic heterocycles. The maximum Gasteiger partial charge on any atom is 0.287 e. The molecule has 0 radical (unpaired) electrons. The van der Waals surface area contributed by atoms with Crippen LogP contribution in [0.2, 0.25) is 0 Å². The number of carbonyl (C=O) groups is 1. The number of hydrogen-bond acceptors (Lipinski definition) is 3. The summed E-state index contributed by atoms with van der Waals surface area (Å²) in [5, 5.41) is 2.86. The fourth-order valence-corrected chi connectivity index (χ4v) is 1.70. The van der Waals surface area contributed by atoms with E-state index in [1.165, 1.54) is 0 Å². The second-order valence-electron chi connectivity index (χ2n) is 4.13. The van der Waals surface area contributed by atoms with Gasteiger partial charge in [-0.2, -0.15) is 0 Å². The van der Waals surface area contributed by atoms with Gasteiger partial charge in [-0.1, -0.05) is 0 Å². The fraction of sp³-hybridized carbons (Fsp3) is 0.417. The van der Waals surface area contributed by atoms with Gasteiger partial charge in [-0.05, 0) is 12.8 Å². The number of carbonyl (C=O) groups excluding carboxylic acids is 1. The van der Waals surface area contributed by atoms with Crippen LogP contribution in [0.4, 0.5) is 0 Å². The van der Waals surface area contributed by atoms with Gasteiger partial charge >= 0.3 is 0 Å². The summed E-state index contributed by atoms with van der Waals surface area (Å²) in [5.74, 6) is 0.328. The van der Waals surface area contributed by atoms with Crippen molar-refractivity contribution in [2.75, 3.05) is 6.54 Å². The third-order valence-corrected chi connectivity index (χ3v) is 2.71. The van der Waals surface area contributed by atoms with Gasteiger partial charge in [-0.15, -0.1) is 0 Å². The van der Waals surface area contributed by atoms with Crippen LogP contribution in [0.25, 0.3) is 0 Å². The molecule has 0 bridgehead atoms. The average molecular weight is 247 g/mol. The standard InChI is InChI=1S/C12H17N5O/c1-16-8-6-14-11(16)12(18)15-4-2-3-7-17-9-5-13-10-17/h5-6,8-10H,2-4,7H2,1H3,(H,15,18). The third-order valence-electron chi connectivity index (χ3n) is 2.71. The highest BCUT2D eigenvalue weighted by atomic mass is 16.2. The monoisotopic (exact) mass is 247 g/mol. The summed E-state index contributed by atoms with van der Waals surface area (Å²) in [6.45, 7) is 1.60. The molecule has 0 spiro atoms. The van der Waals surface area contributed by atoms with E-state index in [-0.39, 0.29) is 5.91 Å². The molecule has 2 rings (SSSR count). The Kier molecular flexibility index (Phi) is 4.11. The van der Waals surface area contributed by atoms with E-state index in [4.69, 9.17) is 0 Å². The Balaban J connectivity index is 1.64. The minimum Gasteiger partial charge on any atom is -0.349 e. The minimum atomic E-state index is -0.120. The lowest BCUT2D eigenvalue weighted by Gasteiger charge is -2.05. The van der Waals surface area contributed by atoms with E-state index in [0.29, 0.717) is 12.4 Å². The molecular weight excluding hydrogens is 230 g/mol. The zero-order valence-corrected chi connectivity index (χ0v) is 10.4. The quantitative estimate of drug-likeness (QED) is 0.769. The Morgan fingerprint density at radius 1 is 1.33 bits per heavy atom. The highest BCUT2D eigenvalue weighted by Gasteiger charge is 2.08. The van der Waals surface area contributed by atoms with Crippen LogP contribution in [0.5, 0.6) is 0 Å². The Morgan fingerprint density at radius 3 is 2.89 bits per heavy atom. The molecule has 2 heterocycles. The summed E-state index contributed by atoms with van der Waals surface area (Å²) in [4.78, 5) is 19.7. The van der Waals surface area contributed by atoms with Crippen molar-refractivity contribution in [1.82, 2.24) is 24.4 Å². The second-order valence-corrected chi connectivity index (χ2v) is 4.13. The van der Waals surface area contributed by atoms with Gasteiger partial charge in [0.25, 0.3) is 5.91 Å². The number of unbranched alkanes of at least 4 members (excludes halogenated alkanes) is 1. The van der Waals surface area contributed by atoms with Gasteiger partial charge in [0.05, 0.1) is 6.33 Å². The zero-order valence-electron chi connectivity index (χ0n) is 10.4. The molecule has 0 atom stereocenters. The predicted octanol–water partition coefficient (Wildman–Crippen LogP) is 0.827. The number of rotatable bonds is 6. The minimum absolute atomic E-state index is 0.120. The second kappa shape index (κ2) is 6.00.